The maximum atomic E-state index is 13.0. The minimum absolute atomic E-state index is 0.0111. The molecule has 2 heterocycles. The molecule has 2 amide bonds. The van der Waals surface area contributed by atoms with Crippen LogP contribution in [0.2, 0.25) is 0 Å². The molecule has 0 radical (unpaired) electrons. The van der Waals surface area contributed by atoms with E-state index in [2.05, 4.69) is 4.98 Å². The number of amides is 2. The van der Waals surface area contributed by atoms with Crippen molar-refractivity contribution >= 4 is 34.7 Å². The Hall–Kier alpha value is -2.80. The Labute approximate surface area is 167 Å². The highest BCUT2D eigenvalue weighted by Gasteiger charge is 2.24. The monoisotopic (exact) mass is 395 g/mol. The van der Waals surface area contributed by atoms with Gasteiger partial charge in [-0.2, -0.15) is 0 Å². The van der Waals surface area contributed by atoms with Crippen molar-refractivity contribution in [2.75, 3.05) is 26.2 Å². The summed E-state index contributed by atoms with van der Waals surface area (Å²) in [5.74, 6) is 0.668. The van der Waals surface area contributed by atoms with E-state index in [9.17, 15) is 9.59 Å². The quantitative estimate of drug-likeness (QED) is 0.633. The molecule has 1 aromatic heterocycles. The SMILES string of the molecule is CC(=O)N1CCN(C(=O)c2ccccc2CSc2nc3ccccc3o2)CC1. The van der Waals surface area contributed by atoms with Crippen molar-refractivity contribution in [3.8, 4) is 0 Å². The molecule has 0 atom stereocenters. The fourth-order valence-corrected chi connectivity index (χ4v) is 4.14. The first-order valence-electron chi connectivity index (χ1n) is 9.23. The minimum Gasteiger partial charge on any atom is -0.431 e. The topological polar surface area (TPSA) is 66.7 Å². The van der Waals surface area contributed by atoms with Crippen molar-refractivity contribution < 1.29 is 14.0 Å². The minimum atomic E-state index is 0.0111. The van der Waals surface area contributed by atoms with E-state index in [-0.39, 0.29) is 11.8 Å². The van der Waals surface area contributed by atoms with Crippen LogP contribution in [0.5, 0.6) is 0 Å². The van der Waals surface area contributed by atoms with Crippen LogP contribution in [0.3, 0.4) is 0 Å². The lowest BCUT2D eigenvalue weighted by Crippen LogP contribution is -2.50. The number of benzene rings is 2. The molecule has 28 heavy (non-hydrogen) atoms. The number of rotatable bonds is 4. The molecule has 0 spiro atoms. The number of piperazine rings is 1. The third-order valence-electron chi connectivity index (χ3n) is 4.89. The van der Waals surface area contributed by atoms with Crippen LogP contribution in [0.4, 0.5) is 0 Å². The van der Waals surface area contributed by atoms with E-state index in [0.29, 0.717) is 42.7 Å². The van der Waals surface area contributed by atoms with Gasteiger partial charge in [-0.05, 0) is 23.8 Å². The van der Waals surface area contributed by atoms with Crippen LogP contribution in [-0.4, -0.2) is 52.8 Å². The van der Waals surface area contributed by atoms with E-state index < -0.39 is 0 Å². The van der Waals surface area contributed by atoms with Crippen molar-refractivity contribution in [1.29, 1.82) is 0 Å². The molecule has 0 bridgehead atoms. The number of carbonyl (C=O) groups excluding carboxylic acids is 2. The van der Waals surface area contributed by atoms with Crippen molar-refractivity contribution in [3.05, 3.63) is 59.7 Å². The van der Waals surface area contributed by atoms with E-state index in [4.69, 9.17) is 4.42 Å². The molecule has 6 nitrogen and oxygen atoms in total. The summed E-state index contributed by atoms with van der Waals surface area (Å²) < 4.78 is 5.76. The number of nitrogens with zero attached hydrogens (tertiary/aromatic N) is 3. The first-order valence-corrected chi connectivity index (χ1v) is 10.2. The fourth-order valence-electron chi connectivity index (χ4n) is 3.30. The lowest BCUT2D eigenvalue weighted by Gasteiger charge is -2.34. The van der Waals surface area contributed by atoms with Gasteiger partial charge in [0.25, 0.3) is 11.1 Å². The van der Waals surface area contributed by atoms with E-state index in [0.717, 1.165) is 16.7 Å². The summed E-state index contributed by atoms with van der Waals surface area (Å²) in [5, 5.41) is 0.596. The summed E-state index contributed by atoms with van der Waals surface area (Å²) in [6, 6.07) is 15.3. The van der Waals surface area contributed by atoms with Gasteiger partial charge in [0.05, 0.1) is 0 Å². The molecule has 7 heteroatoms. The number of thioether (sulfide) groups is 1. The van der Waals surface area contributed by atoms with Gasteiger partial charge in [-0.1, -0.05) is 42.1 Å². The summed E-state index contributed by atoms with van der Waals surface area (Å²) in [4.78, 5) is 32.6. The smallest absolute Gasteiger partial charge is 0.257 e. The normalized spacial score (nSPS) is 14.5. The largest absolute Gasteiger partial charge is 0.431 e. The molecule has 2 aromatic carbocycles. The predicted octanol–water partition coefficient (Wildman–Crippen LogP) is 3.42. The Morgan fingerprint density at radius 1 is 1.00 bits per heavy atom. The highest BCUT2D eigenvalue weighted by Crippen LogP contribution is 2.27. The van der Waals surface area contributed by atoms with Gasteiger partial charge in [-0.15, -0.1) is 0 Å². The van der Waals surface area contributed by atoms with Crippen LogP contribution in [0.1, 0.15) is 22.8 Å². The number of hydrogen-bond donors (Lipinski definition) is 0. The zero-order valence-electron chi connectivity index (χ0n) is 15.6. The standard InChI is InChI=1S/C21H21N3O3S/c1-15(25)23-10-12-24(13-11-23)20(26)17-7-3-2-6-16(17)14-28-21-22-18-8-4-5-9-19(18)27-21/h2-9H,10-14H2,1H3. The van der Waals surface area contributed by atoms with E-state index in [1.165, 1.54) is 11.8 Å². The Balaban J connectivity index is 1.46. The highest BCUT2D eigenvalue weighted by molar-refractivity contribution is 7.98. The van der Waals surface area contributed by atoms with Gasteiger partial charge in [0.1, 0.15) is 5.52 Å². The molecule has 0 saturated carbocycles. The van der Waals surface area contributed by atoms with Gasteiger partial charge < -0.3 is 14.2 Å². The first-order chi connectivity index (χ1) is 13.6. The van der Waals surface area contributed by atoms with Crippen LogP contribution < -0.4 is 0 Å². The number of fused-ring (bicyclic) bond motifs is 1. The van der Waals surface area contributed by atoms with Crippen LogP contribution in [-0.2, 0) is 10.5 Å². The van der Waals surface area contributed by atoms with Crippen LogP contribution in [0, 0.1) is 0 Å². The second-order valence-corrected chi connectivity index (χ2v) is 7.62. The maximum Gasteiger partial charge on any atom is 0.257 e. The molecular weight excluding hydrogens is 374 g/mol. The van der Waals surface area contributed by atoms with Gasteiger partial charge in [0.2, 0.25) is 5.91 Å². The Bertz CT molecular complexity index is 976. The average molecular weight is 395 g/mol. The Kier molecular flexibility index (Phi) is 5.34. The second-order valence-electron chi connectivity index (χ2n) is 6.69. The Morgan fingerprint density at radius 2 is 1.68 bits per heavy atom. The molecule has 1 fully saturated rings. The van der Waals surface area contributed by atoms with Gasteiger partial charge in [0.15, 0.2) is 5.58 Å². The molecule has 0 aliphatic carbocycles. The van der Waals surface area contributed by atoms with Crippen molar-refractivity contribution in [2.24, 2.45) is 0 Å². The third kappa shape index (κ3) is 3.89. The highest BCUT2D eigenvalue weighted by atomic mass is 32.2. The van der Waals surface area contributed by atoms with E-state index >= 15 is 0 Å². The van der Waals surface area contributed by atoms with E-state index in [1.807, 2.05) is 53.4 Å². The molecule has 1 saturated heterocycles. The summed E-state index contributed by atoms with van der Waals surface area (Å²) in [6.07, 6.45) is 0. The average Bonchev–Trinajstić information content (AvgIpc) is 3.15. The number of oxazole rings is 1. The number of para-hydroxylation sites is 2. The molecular formula is C21H21N3O3S. The lowest BCUT2D eigenvalue weighted by atomic mass is 10.1. The van der Waals surface area contributed by atoms with E-state index in [1.54, 1.807) is 11.8 Å². The predicted molar refractivity (Wildman–Crippen MR) is 108 cm³/mol. The zero-order chi connectivity index (χ0) is 19.5. The number of hydrogen-bond acceptors (Lipinski definition) is 5. The summed E-state index contributed by atoms with van der Waals surface area (Å²) in [5.41, 5.74) is 3.24. The van der Waals surface area contributed by atoms with Gasteiger partial charge in [-0.3, -0.25) is 9.59 Å². The molecule has 4 rings (SSSR count). The van der Waals surface area contributed by atoms with Crippen molar-refractivity contribution in [2.45, 2.75) is 17.9 Å². The van der Waals surface area contributed by atoms with Gasteiger partial charge in [-0.25, -0.2) is 4.98 Å². The summed E-state index contributed by atoms with van der Waals surface area (Å²) in [7, 11) is 0. The van der Waals surface area contributed by atoms with Crippen molar-refractivity contribution in [3.63, 3.8) is 0 Å². The summed E-state index contributed by atoms with van der Waals surface area (Å²) in [6.45, 7) is 3.86. The molecule has 0 N–H and O–H groups in total. The lowest BCUT2D eigenvalue weighted by molar-refractivity contribution is -0.130. The van der Waals surface area contributed by atoms with Crippen LogP contribution >= 0.6 is 11.8 Å². The zero-order valence-corrected chi connectivity index (χ0v) is 16.4. The summed E-state index contributed by atoms with van der Waals surface area (Å²) >= 11 is 1.48. The number of aromatic nitrogens is 1. The van der Waals surface area contributed by atoms with Gasteiger partial charge in [0, 0.05) is 44.4 Å². The first kappa shape index (κ1) is 18.6. The molecule has 3 aromatic rings. The van der Waals surface area contributed by atoms with Crippen LogP contribution in [0.25, 0.3) is 11.1 Å². The third-order valence-corrected chi connectivity index (χ3v) is 5.76. The second kappa shape index (κ2) is 8.06. The maximum absolute atomic E-state index is 13.0. The van der Waals surface area contributed by atoms with Gasteiger partial charge >= 0.3 is 0 Å². The molecule has 144 valence electrons. The van der Waals surface area contributed by atoms with Crippen LogP contribution in [0.15, 0.2) is 58.2 Å². The fraction of sp³-hybridized carbons (Fsp3) is 0.286. The molecule has 1 aliphatic rings. The molecule has 1 aliphatic heterocycles. The Morgan fingerprint density at radius 3 is 2.43 bits per heavy atom. The van der Waals surface area contributed by atoms with Crippen molar-refractivity contribution in [1.82, 2.24) is 14.8 Å². The number of carbonyl (C=O) groups is 2. The molecule has 0 unspecified atom stereocenters.